The van der Waals surface area contributed by atoms with Crippen LogP contribution in [0.5, 0.6) is 0 Å². The van der Waals surface area contributed by atoms with Crippen molar-refractivity contribution in [3.8, 4) is 11.4 Å². The fraction of sp³-hybridized carbons (Fsp3) is 0.250. The van der Waals surface area contributed by atoms with Crippen molar-refractivity contribution in [1.82, 2.24) is 25.2 Å². The minimum atomic E-state index is -0.00675. The molecule has 2 aromatic heterocycles. The predicted octanol–water partition coefficient (Wildman–Crippen LogP) is 2.53. The monoisotopic (exact) mass is 347 g/mol. The van der Waals surface area contributed by atoms with Crippen LogP contribution in [-0.4, -0.2) is 38.8 Å². The Balaban J connectivity index is 1.47. The summed E-state index contributed by atoms with van der Waals surface area (Å²) >= 11 is 0. The molecule has 132 valence electrons. The third-order valence-electron chi connectivity index (χ3n) is 4.84. The van der Waals surface area contributed by atoms with Crippen molar-refractivity contribution in [3.05, 3.63) is 72.3 Å². The minimum absolute atomic E-state index is 0.00675. The first kappa shape index (κ1) is 16.5. The van der Waals surface area contributed by atoms with Gasteiger partial charge in [0, 0.05) is 55.9 Å². The maximum atomic E-state index is 12.2. The number of H-pyrrole nitrogens is 1. The number of nitrogens with one attached hydrogen (secondary N) is 2. The molecule has 1 aliphatic heterocycles. The number of imidazole rings is 1. The SMILES string of the molecule is CN1C(=O)C[C@@H](NCc2cnc(-c3ccccc3)[nH]2)[C@@H]1c1cccnc1. The molecule has 0 spiro atoms. The van der Waals surface area contributed by atoms with Crippen LogP contribution >= 0.6 is 0 Å². The molecule has 0 bridgehead atoms. The van der Waals surface area contributed by atoms with Gasteiger partial charge in [0.05, 0.1) is 6.04 Å². The molecule has 2 N–H and O–H groups in total. The molecule has 0 aliphatic carbocycles. The van der Waals surface area contributed by atoms with Crippen LogP contribution in [0, 0.1) is 0 Å². The molecule has 4 rings (SSSR count). The molecule has 0 radical (unpaired) electrons. The second-order valence-corrected chi connectivity index (χ2v) is 6.55. The first-order chi connectivity index (χ1) is 12.7. The molecule has 26 heavy (non-hydrogen) atoms. The van der Waals surface area contributed by atoms with Crippen LogP contribution < -0.4 is 5.32 Å². The predicted molar refractivity (Wildman–Crippen MR) is 99.0 cm³/mol. The second kappa shape index (κ2) is 7.09. The number of carbonyl (C=O) groups excluding carboxylic acids is 1. The van der Waals surface area contributed by atoms with Gasteiger partial charge in [-0.15, -0.1) is 0 Å². The average Bonchev–Trinajstić information content (AvgIpc) is 3.26. The number of hydrogen-bond donors (Lipinski definition) is 2. The molecule has 3 aromatic rings. The summed E-state index contributed by atoms with van der Waals surface area (Å²) in [4.78, 5) is 26.0. The van der Waals surface area contributed by atoms with Gasteiger partial charge in [-0.3, -0.25) is 9.78 Å². The van der Waals surface area contributed by atoms with Crippen LogP contribution in [0.1, 0.15) is 23.7 Å². The van der Waals surface area contributed by atoms with Gasteiger partial charge < -0.3 is 15.2 Å². The summed E-state index contributed by atoms with van der Waals surface area (Å²) in [5, 5.41) is 3.51. The van der Waals surface area contributed by atoms with Crippen LogP contribution in [0.15, 0.2) is 61.1 Å². The highest BCUT2D eigenvalue weighted by Gasteiger charge is 2.38. The fourth-order valence-electron chi connectivity index (χ4n) is 3.49. The third-order valence-corrected chi connectivity index (χ3v) is 4.84. The molecule has 1 aliphatic rings. The van der Waals surface area contributed by atoms with E-state index in [2.05, 4.69) is 20.3 Å². The summed E-state index contributed by atoms with van der Waals surface area (Å²) in [6.07, 6.45) is 5.90. The Morgan fingerprint density at radius 3 is 2.81 bits per heavy atom. The molecule has 1 saturated heterocycles. The first-order valence-corrected chi connectivity index (χ1v) is 8.70. The number of likely N-dealkylation sites (tertiary alicyclic amines) is 1. The van der Waals surface area contributed by atoms with Crippen molar-refractivity contribution in [2.45, 2.75) is 25.0 Å². The van der Waals surface area contributed by atoms with Gasteiger partial charge in [-0.25, -0.2) is 4.98 Å². The van der Waals surface area contributed by atoms with E-state index in [-0.39, 0.29) is 18.0 Å². The van der Waals surface area contributed by atoms with Crippen molar-refractivity contribution in [3.63, 3.8) is 0 Å². The molecule has 3 heterocycles. The summed E-state index contributed by atoms with van der Waals surface area (Å²) in [7, 11) is 1.85. The summed E-state index contributed by atoms with van der Waals surface area (Å²) in [6.45, 7) is 0.627. The Bertz CT molecular complexity index is 877. The summed E-state index contributed by atoms with van der Waals surface area (Å²) in [6, 6.07) is 14.0. The van der Waals surface area contributed by atoms with Gasteiger partial charge in [0.2, 0.25) is 5.91 Å². The maximum absolute atomic E-state index is 12.2. The van der Waals surface area contributed by atoms with E-state index < -0.39 is 0 Å². The summed E-state index contributed by atoms with van der Waals surface area (Å²) < 4.78 is 0. The molecule has 6 heteroatoms. The lowest BCUT2D eigenvalue weighted by molar-refractivity contribution is -0.127. The van der Waals surface area contributed by atoms with Crippen LogP contribution in [0.3, 0.4) is 0 Å². The van der Waals surface area contributed by atoms with Gasteiger partial charge >= 0.3 is 0 Å². The normalized spacial score (nSPS) is 19.9. The van der Waals surface area contributed by atoms with Crippen molar-refractivity contribution >= 4 is 5.91 Å². The topological polar surface area (TPSA) is 73.9 Å². The van der Waals surface area contributed by atoms with E-state index >= 15 is 0 Å². The zero-order chi connectivity index (χ0) is 17.9. The molecule has 0 saturated carbocycles. The number of aromatic amines is 1. The Morgan fingerprint density at radius 2 is 2.04 bits per heavy atom. The van der Waals surface area contributed by atoms with Crippen molar-refractivity contribution in [1.29, 1.82) is 0 Å². The molecular weight excluding hydrogens is 326 g/mol. The van der Waals surface area contributed by atoms with E-state index in [1.807, 2.05) is 61.9 Å². The second-order valence-electron chi connectivity index (χ2n) is 6.55. The molecule has 1 aromatic carbocycles. The number of likely N-dealkylation sites (N-methyl/N-ethyl adjacent to an activating group) is 1. The van der Waals surface area contributed by atoms with Gasteiger partial charge in [-0.05, 0) is 11.6 Å². The van der Waals surface area contributed by atoms with Crippen LogP contribution in [-0.2, 0) is 11.3 Å². The van der Waals surface area contributed by atoms with Crippen molar-refractivity contribution < 1.29 is 4.79 Å². The van der Waals surface area contributed by atoms with Gasteiger partial charge in [0.25, 0.3) is 0 Å². The molecule has 0 unspecified atom stereocenters. The van der Waals surface area contributed by atoms with Crippen molar-refractivity contribution in [2.24, 2.45) is 0 Å². The standard InChI is InChI=1S/C20H21N5O/c1-25-18(26)10-17(19(25)15-8-5-9-21-11-15)22-12-16-13-23-20(24-16)14-6-3-2-4-7-14/h2-9,11,13,17,19,22H,10,12H2,1H3,(H,23,24)/t17-,19+/m1/s1. The Hall–Kier alpha value is -2.99. The highest BCUT2D eigenvalue weighted by atomic mass is 16.2. The van der Waals surface area contributed by atoms with E-state index in [0.29, 0.717) is 13.0 Å². The smallest absolute Gasteiger partial charge is 0.224 e. The number of rotatable bonds is 5. The molecular formula is C20H21N5O. The number of carbonyl (C=O) groups is 1. The largest absolute Gasteiger partial charge is 0.341 e. The molecule has 6 nitrogen and oxygen atoms in total. The summed E-state index contributed by atoms with van der Waals surface area (Å²) in [5.74, 6) is 0.997. The van der Waals surface area contributed by atoms with E-state index in [4.69, 9.17) is 0 Å². The molecule has 1 fully saturated rings. The van der Waals surface area contributed by atoms with E-state index in [9.17, 15) is 4.79 Å². The number of amides is 1. The quantitative estimate of drug-likeness (QED) is 0.744. The highest BCUT2D eigenvalue weighted by Crippen LogP contribution is 2.31. The minimum Gasteiger partial charge on any atom is -0.341 e. The van der Waals surface area contributed by atoms with Crippen molar-refractivity contribution in [2.75, 3.05) is 7.05 Å². The fourth-order valence-corrected chi connectivity index (χ4v) is 3.49. The lowest BCUT2D eigenvalue weighted by atomic mass is 10.0. The lowest BCUT2D eigenvalue weighted by Crippen LogP contribution is -2.34. The van der Waals surface area contributed by atoms with Gasteiger partial charge in [0.1, 0.15) is 5.82 Å². The number of pyridine rings is 1. The average molecular weight is 347 g/mol. The zero-order valence-corrected chi connectivity index (χ0v) is 14.6. The van der Waals surface area contributed by atoms with Gasteiger partial charge in [-0.1, -0.05) is 36.4 Å². The van der Waals surface area contributed by atoms with Gasteiger partial charge in [0.15, 0.2) is 0 Å². The van der Waals surface area contributed by atoms with E-state index in [0.717, 1.165) is 22.6 Å². The number of benzene rings is 1. The van der Waals surface area contributed by atoms with Crippen LogP contribution in [0.25, 0.3) is 11.4 Å². The lowest BCUT2D eigenvalue weighted by Gasteiger charge is -2.25. The zero-order valence-electron chi connectivity index (χ0n) is 14.6. The molecule has 1 amide bonds. The third kappa shape index (κ3) is 3.23. The Morgan fingerprint density at radius 1 is 1.19 bits per heavy atom. The number of nitrogens with zero attached hydrogens (tertiary/aromatic N) is 3. The summed E-state index contributed by atoms with van der Waals surface area (Å²) in [5.41, 5.74) is 3.10. The van der Waals surface area contributed by atoms with Gasteiger partial charge in [-0.2, -0.15) is 0 Å². The van der Waals surface area contributed by atoms with E-state index in [1.54, 1.807) is 11.1 Å². The number of hydrogen-bond acceptors (Lipinski definition) is 4. The Labute approximate surface area is 152 Å². The highest BCUT2D eigenvalue weighted by molar-refractivity contribution is 5.80. The molecule has 2 atom stereocenters. The Kier molecular flexibility index (Phi) is 4.50. The maximum Gasteiger partial charge on any atom is 0.224 e. The first-order valence-electron chi connectivity index (χ1n) is 8.70. The van der Waals surface area contributed by atoms with E-state index in [1.165, 1.54) is 0 Å². The number of aromatic nitrogens is 3. The van der Waals surface area contributed by atoms with Crippen LogP contribution in [0.2, 0.25) is 0 Å². The van der Waals surface area contributed by atoms with Crippen LogP contribution in [0.4, 0.5) is 0 Å².